The van der Waals surface area contributed by atoms with Gasteiger partial charge in [-0.1, -0.05) is 0 Å². The standard InChI is InChI=1S/C18H26N4O/c1-12(2)22(18(19)23)14-4-5-17-15(10-14)16(11-20-17)13-6-8-21(3)9-7-13/h4-5,10-13,20H,6-9H2,1-3H3,(H2,19,23). The fourth-order valence-corrected chi connectivity index (χ4v) is 3.62. The molecule has 2 aromatic rings. The molecule has 5 heteroatoms. The van der Waals surface area contributed by atoms with E-state index < -0.39 is 6.03 Å². The van der Waals surface area contributed by atoms with Gasteiger partial charge in [-0.3, -0.25) is 4.90 Å². The average molecular weight is 314 g/mol. The third-order valence-electron chi connectivity index (χ3n) is 4.89. The second kappa shape index (κ2) is 6.24. The highest BCUT2D eigenvalue weighted by atomic mass is 16.2. The van der Waals surface area contributed by atoms with Crippen LogP contribution in [0.15, 0.2) is 24.4 Å². The molecule has 0 radical (unpaired) electrons. The first-order valence-corrected chi connectivity index (χ1v) is 8.35. The number of fused-ring (bicyclic) bond motifs is 1. The maximum absolute atomic E-state index is 11.8. The molecule has 2 heterocycles. The van der Waals surface area contributed by atoms with Gasteiger partial charge < -0.3 is 15.6 Å². The molecule has 1 aliphatic heterocycles. The highest BCUT2D eigenvalue weighted by Crippen LogP contribution is 2.34. The Kier molecular flexibility index (Phi) is 4.31. The summed E-state index contributed by atoms with van der Waals surface area (Å²) in [6.45, 7) is 6.22. The Labute approximate surface area is 137 Å². The zero-order valence-electron chi connectivity index (χ0n) is 14.2. The minimum atomic E-state index is -0.407. The molecular weight excluding hydrogens is 288 g/mol. The molecule has 3 rings (SSSR count). The van der Waals surface area contributed by atoms with Crippen molar-refractivity contribution in [3.63, 3.8) is 0 Å². The zero-order valence-corrected chi connectivity index (χ0v) is 14.2. The number of H-pyrrole nitrogens is 1. The van der Waals surface area contributed by atoms with Gasteiger partial charge >= 0.3 is 6.03 Å². The van der Waals surface area contributed by atoms with E-state index in [2.05, 4.69) is 29.2 Å². The predicted molar refractivity (Wildman–Crippen MR) is 95.0 cm³/mol. The van der Waals surface area contributed by atoms with Crippen LogP contribution >= 0.6 is 0 Å². The number of hydrogen-bond acceptors (Lipinski definition) is 2. The highest BCUT2D eigenvalue weighted by molar-refractivity contribution is 5.95. The molecule has 1 fully saturated rings. The summed E-state index contributed by atoms with van der Waals surface area (Å²) in [5, 5.41) is 1.21. The van der Waals surface area contributed by atoms with E-state index in [9.17, 15) is 4.79 Å². The van der Waals surface area contributed by atoms with Crippen LogP contribution in [0.5, 0.6) is 0 Å². The average Bonchev–Trinajstić information content (AvgIpc) is 2.90. The number of rotatable bonds is 3. The molecule has 1 aromatic heterocycles. The number of benzene rings is 1. The molecule has 1 saturated heterocycles. The van der Waals surface area contributed by atoms with Gasteiger partial charge in [0.2, 0.25) is 0 Å². The SMILES string of the molecule is CC(C)N(C(N)=O)c1ccc2[nH]cc(C3CCN(C)CC3)c2c1. The first-order chi connectivity index (χ1) is 11.0. The summed E-state index contributed by atoms with van der Waals surface area (Å²) < 4.78 is 0. The lowest BCUT2D eigenvalue weighted by molar-refractivity contribution is 0.252. The number of aromatic nitrogens is 1. The zero-order chi connectivity index (χ0) is 16.6. The number of carbonyl (C=O) groups excluding carboxylic acids is 1. The first kappa shape index (κ1) is 15.9. The van der Waals surface area contributed by atoms with Gasteiger partial charge in [-0.25, -0.2) is 4.79 Å². The summed E-state index contributed by atoms with van der Waals surface area (Å²) in [6, 6.07) is 5.74. The molecular formula is C18H26N4O. The van der Waals surface area contributed by atoms with Crippen molar-refractivity contribution in [1.82, 2.24) is 9.88 Å². The second-order valence-electron chi connectivity index (χ2n) is 6.85. The summed E-state index contributed by atoms with van der Waals surface area (Å²) >= 11 is 0. The van der Waals surface area contributed by atoms with Crippen LogP contribution in [0.4, 0.5) is 10.5 Å². The van der Waals surface area contributed by atoms with Crippen LogP contribution in [0.2, 0.25) is 0 Å². The molecule has 0 aliphatic carbocycles. The molecule has 0 unspecified atom stereocenters. The first-order valence-electron chi connectivity index (χ1n) is 8.35. The van der Waals surface area contributed by atoms with Crippen LogP contribution in [-0.2, 0) is 0 Å². The van der Waals surface area contributed by atoms with E-state index in [0.29, 0.717) is 5.92 Å². The molecule has 124 valence electrons. The summed E-state index contributed by atoms with van der Waals surface area (Å²) in [4.78, 5) is 19.2. The van der Waals surface area contributed by atoms with E-state index in [4.69, 9.17) is 5.73 Å². The molecule has 2 amide bonds. The van der Waals surface area contributed by atoms with Gasteiger partial charge in [0.1, 0.15) is 0 Å². The quantitative estimate of drug-likeness (QED) is 0.913. The predicted octanol–water partition coefficient (Wildman–Crippen LogP) is 3.27. The molecule has 0 atom stereocenters. The Morgan fingerprint density at radius 2 is 2.04 bits per heavy atom. The number of likely N-dealkylation sites (tertiary alicyclic amines) is 1. The van der Waals surface area contributed by atoms with E-state index in [1.165, 1.54) is 23.8 Å². The molecule has 1 aliphatic rings. The molecule has 3 N–H and O–H groups in total. The van der Waals surface area contributed by atoms with Gasteiger partial charge in [-0.2, -0.15) is 0 Å². The normalized spacial score (nSPS) is 17.0. The van der Waals surface area contributed by atoms with Crippen LogP contribution in [-0.4, -0.2) is 42.1 Å². The number of primary amides is 1. The minimum absolute atomic E-state index is 0.0377. The number of carbonyl (C=O) groups is 1. The number of hydrogen-bond donors (Lipinski definition) is 2. The van der Waals surface area contributed by atoms with Crippen molar-refractivity contribution in [2.45, 2.75) is 38.6 Å². The number of amides is 2. The number of aromatic amines is 1. The summed E-state index contributed by atoms with van der Waals surface area (Å²) in [6.07, 6.45) is 4.49. The topological polar surface area (TPSA) is 65.4 Å². The largest absolute Gasteiger partial charge is 0.361 e. The minimum Gasteiger partial charge on any atom is -0.361 e. The Hall–Kier alpha value is -2.01. The van der Waals surface area contributed by atoms with Crippen molar-refractivity contribution < 1.29 is 4.79 Å². The maximum atomic E-state index is 11.8. The van der Waals surface area contributed by atoms with Crippen molar-refractivity contribution in [1.29, 1.82) is 0 Å². The lowest BCUT2D eigenvalue weighted by atomic mass is 9.89. The number of piperidine rings is 1. The number of anilines is 1. The highest BCUT2D eigenvalue weighted by Gasteiger charge is 2.22. The van der Waals surface area contributed by atoms with Crippen LogP contribution in [0.1, 0.15) is 38.2 Å². The number of nitrogens with two attached hydrogens (primary N) is 1. The molecule has 0 spiro atoms. The Balaban J connectivity index is 1.98. The van der Waals surface area contributed by atoms with E-state index in [-0.39, 0.29) is 6.04 Å². The third-order valence-corrected chi connectivity index (χ3v) is 4.89. The van der Waals surface area contributed by atoms with Crippen molar-refractivity contribution in [2.24, 2.45) is 5.73 Å². The Morgan fingerprint density at radius 3 is 2.65 bits per heavy atom. The molecule has 1 aromatic carbocycles. The van der Waals surface area contributed by atoms with Crippen LogP contribution < -0.4 is 10.6 Å². The van der Waals surface area contributed by atoms with E-state index in [1.807, 2.05) is 26.0 Å². The Morgan fingerprint density at radius 1 is 1.35 bits per heavy atom. The van der Waals surface area contributed by atoms with E-state index >= 15 is 0 Å². The third kappa shape index (κ3) is 3.06. The lowest BCUT2D eigenvalue weighted by Crippen LogP contribution is -2.40. The fraction of sp³-hybridized carbons (Fsp3) is 0.500. The van der Waals surface area contributed by atoms with Gasteiger partial charge in [0.05, 0.1) is 0 Å². The molecule has 5 nitrogen and oxygen atoms in total. The lowest BCUT2D eigenvalue weighted by Gasteiger charge is -2.29. The van der Waals surface area contributed by atoms with Gasteiger partial charge in [0, 0.05) is 28.8 Å². The van der Waals surface area contributed by atoms with Crippen LogP contribution in [0.25, 0.3) is 10.9 Å². The number of nitrogens with zero attached hydrogens (tertiary/aromatic N) is 2. The number of nitrogens with one attached hydrogen (secondary N) is 1. The van der Waals surface area contributed by atoms with Gasteiger partial charge in [0.25, 0.3) is 0 Å². The molecule has 23 heavy (non-hydrogen) atoms. The smallest absolute Gasteiger partial charge is 0.319 e. The van der Waals surface area contributed by atoms with Gasteiger partial charge in [-0.05, 0) is 76.5 Å². The van der Waals surface area contributed by atoms with Crippen LogP contribution in [0.3, 0.4) is 0 Å². The van der Waals surface area contributed by atoms with Crippen molar-refractivity contribution >= 4 is 22.6 Å². The summed E-state index contributed by atoms with van der Waals surface area (Å²) in [5.41, 5.74) is 8.91. The summed E-state index contributed by atoms with van der Waals surface area (Å²) in [7, 11) is 2.18. The van der Waals surface area contributed by atoms with E-state index in [1.54, 1.807) is 4.90 Å². The van der Waals surface area contributed by atoms with Crippen molar-refractivity contribution in [3.05, 3.63) is 30.0 Å². The molecule has 0 bridgehead atoms. The van der Waals surface area contributed by atoms with Gasteiger partial charge in [-0.15, -0.1) is 0 Å². The molecule has 0 saturated carbocycles. The fourth-order valence-electron chi connectivity index (χ4n) is 3.62. The monoisotopic (exact) mass is 314 g/mol. The van der Waals surface area contributed by atoms with Gasteiger partial charge in [0.15, 0.2) is 0 Å². The van der Waals surface area contributed by atoms with Crippen LogP contribution in [0, 0.1) is 0 Å². The second-order valence-corrected chi connectivity index (χ2v) is 6.85. The number of urea groups is 1. The van der Waals surface area contributed by atoms with Crippen molar-refractivity contribution in [2.75, 3.05) is 25.0 Å². The van der Waals surface area contributed by atoms with Crippen molar-refractivity contribution in [3.8, 4) is 0 Å². The summed E-state index contributed by atoms with van der Waals surface area (Å²) in [5.74, 6) is 0.580. The van der Waals surface area contributed by atoms with E-state index in [0.717, 1.165) is 24.3 Å². The maximum Gasteiger partial charge on any atom is 0.319 e. The Bertz CT molecular complexity index is 698.